The maximum absolute atomic E-state index is 3.59. The van der Waals surface area contributed by atoms with Gasteiger partial charge in [-0.15, -0.1) is 34.5 Å². The molecule has 1 aliphatic carbocycles. The van der Waals surface area contributed by atoms with Crippen LogP contribution in [0.25, 0.3) is 21.9 Å². The van der Waals surface area contributed by atoms with Crippen molar-refractivity contribution in [3.8, 4) is 11.1 Å². The van der Waals surface area contributed by atoms with Gasteiger partial charge in [0.25, 0.3) is 0 Å². The van der Waals surface area contributed by atoms with Gasteiger partial charge in [-0.25, -0.2) is 0 Å². The van der Waals surface area contributed by atoms with Gasteiger partial charge in [-0.3, -0.25) is 0 Å². The molecule has 0 unspecified atom stereocenters. The Morgan fingerprint density at radius 2 is 1.38 bits per heavy atom. The van der Waals surface area contributed by atoms with Crippen LogP contribution in [0.2, 0.25) is 13.1 Å². The summed E-state index contributed by atoms with van der Waals surface area (Å²) in [6, 6.07) is 21.9. The summed E-state index contributed by atoms with van der Waals surface area (Å²) in [5.41, 5.74) is 6.68. The zero-order valence-corrected chi connectivity index (χ0v) is 20.0. The van der Waals surface area contributed by atoms with Crippen LogP contribution in [0.4, 0.5) is 0 Å². The van der Waals surface area contributed by atoms with Gasteiger partial charge in [0, 0.05) is 0 Å². The number of fused-ring (bicyclic) bond motifs is 2. The molecule has 0 heterocycles. The Balaban J connectivity index is 0.00000113. The minimum Gasteiger partial charge on any atom is -1.00 e. The molecule has 3 aromatic rings. The Kier molecular flexibility index (Phi) is 8.42. The third-order valence-electron chi connectivity index (χ3n) is 4.59. The van der Waals surface area contributed by atoms with Crippen molar-refractivity contribution in [1.29, 1.82) is 0 Å². The molecule has 0 fully saturated rings. The number of halogens is 2. The summed E-state index contributed by atoms with van der Waals surface area (Å²) in [5, 5.41) is 4.16. The van der Waals surface area contributed by atoms with E-state index in [4.69, 9.17) is 0 Å². The van der Waals surface area contributed by atoms with Crippen molar-refractivity contribution in [3.63, 3.8) is 0 Å². The first kappa shape index (κ1) is 23.2. The second-order valence-corrected chi connectivity index (χ2v) is 8.88. The molecule has 0 bridgehead atoms. The van der Waals surface area contributed by atoms with Crippen molar-refractivity contribution >= 4 is 24.4 Å². The Labute approximate surface area is 188 Å². The number of hydrogen-bond donors (Lipinski definition) is 0. The Hall–Kier alpha value is -0.790. The molecule has 4 heteroatoms. The summed E-state index contributed by atoms with van der Waals surface area (Å²) in [7, 11) is -0.537. The normalized spacial score (nSPS) is 11.7. The molecule has 0 saturated heterocycles. The quantitative estimate of drug-likeness (QED) is 0.330. The number of hydrogen-bond acceptors (Lipinski definition) is 0. The van der Waals surface area contributed by atoms with Gasteiger partial charge in [0.15, 0.2) is 0 Å². The zero-order chi connectivity index (χ0) is 16.0. The maximum Gasteiger partial charge on any atom is 3.00 e. The largest absolute Gasteiger partial charge is 3.00 e. The molecule has 0 nitrogen and oxygen atoms in total. The zero-order valence-electron chi connectivity index (χ0n) is 15.0. The predicted molar refractivity (Wildman–Crippen MR) is 103 cm³/mol. The summed E-state index contributed by atoms with van der Waals surface area (Å²) in [6.45, 7) is 6.96. The molecule has 0 spiro atoms. The molecular weight excluding hydrogens is 454 g/mol. The summed E-state index contributed by atoms with van der Waals surface area (Å²) in [6.07, 6.45) is 3.59. The monoisotopic (exact) mass is 471 g/mol. The van der Waals surface area contributed by atoms with Gasteiger partial charge >= 0.3 is 26.2 Å². The van der Waals surface area contributed by atoms with Crippen molar-refractivity contribution in [2.45, 2.75) is 20.0 Å². The summed E-state index contributed by atoms with van der Waals surface area (Å²) < 4.78 is 0. The van der Waals surface area contributed by atoms with Crippen molar-refractivity contribution in [2.75, 3.05) is 0 Å². The molecule has 0 amide bonds. The SMILES string of the molecule is CC1=[C-]c2cccc(-c3cccc4ccccc34)c2C1=[Si](C)C.[Cl-].[Cl-].[Zr+3]. The molecular formula is C22H19Cl2SiZr. The van der Waals surface area contributed by atoms with Crippen molar-refractivity contribution in [3.05, 3.63) is 83.4 Å². The van der Waals surface area contributed by atoms with Gasteiger partial charge in [0.05, 0.1) is 0 Å². The molecule has 0 aliphatic heterocycles. The van der Waals surface area contributed by atoms with Crippen LogP contribution >= 0.6 is 0 Å². The first-order valence-electron chi connectivity index (χ1n) is 8.07. The third-order valence-corrected chi connectivity index (χ3v) is 6.22. The molecule has 0 atom stereocenters. The van der Waals surface area contributed by atoms with Crippen LogP contribution in [0.1, 0.15) is 18.1 Å². The predicted octanol–water partition coefficient (Wildman–Crippen LogP) is -0.520. The van der Waals surface area contributed by atoms with Gasteiger partial charge in [-0.05, 0) is 24.7 Å². The molecule has 0 N–H and O–H groups in total. The molecule has 4 rings (SSSR count). The Morgan fingerprint density at radius 1 is 0.769 bits per heavy atom. The van der Waals surface area contributed by atoms with E-state index in [1.165, 1.54) is 43.8 Å². The fourth-order valence-electron chi connectivity index (χ4n) is 3.69. The van der Waals surface area contributed by atoms with Gasteiger partial charge in [0.1, 0.15) is 0 Å². The van der Waals surface area contributed by atoms with Crippen LogP contribution in [0.3, 0.4) is 0 Å². The van der Waals surface area contributed by atoms with Crippen molar-refractivity contribution in [1.82, 2.24) is 0 Å². The number of rotatable bonds is 1. The Morgan fingerprint density at radius 3 is 2.12 bits per heavy atom. The molecule has 3 aromatic carbocycles. The maximum atomic E-state index is 3.59. The van der Waals surface area contributed by atoms with E-state index in [2.05, 4.69) is 86.8 Å². The molecule has 0 aromatic heterocycles. The smallest absolute Gasteiger partial charge is 1.00 e. The summed E-state index contributed by atoms with van der Waals surface area (Å²) in [5.74, 6) is 0. The molecule has 0 saturated carbocycles. The van der Waals surface area contributed by atoms with E-state index < -0.39 is 8.41 Å². The average Bonchev–Trinajstić information content (AvgIpc) is 2.90. The average molecular weight is 474 g/mol. The molecule has 129 valence electrons. The van der Waals surface area contributed by atoms with Gasteiger partial charge in [-0.1, -0.05) is 74.1 Å². The number of benzene rings is 3. The van der Waals surface area contributed by atoms with Crippen LogP contribution in [-0.2, 0) is 26.2 Å². The van der Waals surface area contributed by atoms with Crippen LogP contribution < -0.4 is 24.8 Å². The van der Waals surface area contributed by atoms with E-state index in [1.54, 1.807) is 0 Å². The molecule has 1 radical (unpaired) electrons. The summed E-state index contributed by atoms with van der Waals surface area (Å²) >= 11 is 0. The van der Waals surface area contributed by atoms with Crippen LogP contribution in [0.15, 0.2) is 66.2 Å². The molecule has 1 aliphatic rings. The second-order valence-electron chi connectivity index (χ2n) is 6.38. The van der Waals surface area contributed by atoms with E-state index in [9.17, 15) is 0 Å². The van der Waals surface area contributed by atoms with Crippen LogP contribution in [-0.4, -0.2) is 13.6 Å². The van der Waals surface area contributed by atoms with Crippen LogP contribution in [0.5, 0.6) is 0 Å². The Bertz CT molecular complexity index is 997. The van der Waals surface area contributed by atoms with E-state index in [0.717, 1.165) is 0 Å². The first-order chi connectivity index (χ1) is 11.2. The fraction of sp³-hybridized carbons (Fsp3) is 0.136. The second kappa shape index (κ2) is 9.42. The minimum atomic E-state index is -0.537. The number of allylic oxidation sites excluding steroid dienone is 1. The van der Waals surface area contributed by atoms with Crippen LogP contribution in [0, 0.1) is 6.08 Å². The van der Waals surface area contributed by atoms with Gasteiger partial charge in [-0.2, -0.15) is 5.56 Å². The van der Waals surface area contributed by atoms with Gasteiger partial charge < -0.3 is 24.8 Å². The van der Waals surface area contributed by atoms with E-state index in [-0.39, 0.29) is 51.0 Å². The van der Waals surface area contributed by atoms with Gasteiger partial charge in [0.2, 0.25) is 0 Å². The fourth-order valence-corrected chi connectivity index (χ4v) is 5.27. The topological polar surface area (TPSA) is 0 Å². The first-order valence-corrected chi connectivity index (χ1v) is 10.6. The van der Waals surface area contributed by atoms with Crippen molar-refractivity contribution in [2.24, 2.45) is 0 Å². The standard InChI is InChI=1S/C22H19Si.2ClH.Zr/c1-15-14-17-10-7-13-20(21(17)22(15)23(2)3)19-12-6-9-16-8-4-5-11-18(16)19;;;/h4-13H,1-3H3;2*1H;/q-1;;;+3/p-2. The minimum absolute atomic E-state index is 0. The third kappa shape index (κ3) is 3.90. The molecule has 26 heavy (non-hydrogen) atoms. The van der Waals surface area contributed by atoms with E-state index >= 15 is 0 Å². The van der Waals surface area contributed by atoms with Crippen molar-refractivity contribution < 1.29 is 51.0 Å². The van der Waals surface area contributed by atoms with E-state index in [1.807, 2.05) is 0 Å². The van der Waals surface area contributed by atoms with E-state index in [0.29, 0.717) is 0 Å². The summed E-state index contributed by atoms with van der Waals surface area (Å²) in [4.78, 5) is 0.